The highest BCUT2D eigenvalue weighted by molar-refractivity contribution is 6.02. The standard InChI is InChI=1S/C16H16N4O3/c1-2-23-16(22)19-20-14(13-9-5-6-10-17-13)18-12-8-4-3-7-11(12)15(20)21/h3-10,14,18H,2H2,1H3,(H,19,22)/t14-/m0/s1. The molecule has 7 nitrogen and oxygen atoms in total. The smallest absolute Gasteiger partial charge is 0.426 e. The van der Waals surface area contributed by atoms with Crippen LogP contribution in [0.3, 0.4) is 0 Å². The van der Waals surface area contributed by atoms with Crippen molar-refractivity contribution in [3.05, 3.63) is 59.9 Å². The Morgan fingerprint density at radius 1 is 1.30 bits per heavy atom. The number of carbonyl (C=O) groups is 2. The summed E-state index contributed by atoms with van der Waals surface area (Å²) in [6.07, 6.45) is 0.316. The van der Waals surface area contributed by atoms with E-state index in [0.717, 1.165) is 0 Å². The van der Waals surface area contributed by atoms with E-state index in [2.05, 4.69) is 15.7 Å². The third-order valence-electron chi connectivity index (χ3n) is 3.38. The lowest BCUT2D eigenvalue weighted by molar-refractivity contribution is 0.0502. The Bertz CT molecular complexity index is 720. The molecule has 1 aliphatic heterocycles. The lowest BCUT2D eigenvalue weighted by Gasteiger charge is -2.36. The number of amides is 2. The molecular weight excluding hydrogens is 296 g/mol. The molecule has 1 aliphatic rings. The zero-order valence-corrected chi connectivity index (χ0v) is 12.5. The normalized spacial score (nSPS) is 16.3. The van der Waals surface area contributed by atoms with E-state index >= 15 is 0 Å². The minimum Gasteiger partial charge on any atom is -0.449 e. The molecule has 1 aromatic heterocycles. The van der Waals surface area contributed by atoms with Crippen LogP contribution in [-0.2, 0) is 4.74 Å². The second-order valence-corrected chi connectivity index (χ2v) is 4.85. The number of benzene rings is 1. The molecule has 0 saturated carbocycles. The van der Waals surface area contributed by atoms with Gasteiger partial charge in [-0.25, -0.2) is 15.2 Å². The summed E-state index contributed by atoms with van der Waals surface area (Å²) >= 11 is 0. The van der Waals surface area contributed by atoms with E-state index in [1.165, 1.54) is 5.01 Å². The second-order valence-electron chi connectivity index (χ2n) is 4.85. The van der Waals surface area contributed by atoms with Crippen molar-refractivity contribution in [2.24, 2.45) is 0 Å². The first-order valence-corrected chi connectivity index (χ1v) is 7.24. The molecular formula is C16H16N4O3. The van der Waals surface area contributed by atoms with Crippen molar-refractivity contribution in [2.75, 3.05) is 11.9 Å². The van der Waals surface area contributed by atoms with Gasteiger partial charge in [-0.1, -0.05) is 18.2 Å². The lowest BCUT2D eigenvalue weighted by Crippen LogP contribution is -2.53. The van der Waals surface area contributed by atoms with Crippen LogP contribution in [0.1, 0.15) is 29.1 Å². The first-order valence-electron chi connectivity index (χ1n) is 7.24. The van der Waals surface area contributed by atoms with Gasteiger partial charge in [0.1, 0.15) is 0 Å². The van der Waals surface area contributed by atoms with E-state index in [9.17, 15) is 9.59 Å². The molecule has 2 heterocycles. The molecule has 0 spiro atoms. The first-order chi connectivity index (χ1) is 11.2. The van der Waals surface area contributed by atoms with E-state index in [0.29, 0.717) is 16.9 Å². The predicted octanol–water partition coefficient (Wildman–Crippen LogP) is 2.31. The van der Waals surface area contributed by atoms with Crippen molar-refractivity contribution in [2.45, 2.75) is 13.1 Å². The van der Waals surface area contributed by atoms with Crippen molar-refractivity contribution < 1.29 is 14.3 Å². The molecule has 2 aromatic rings. The summed E-state index contributed by atoms with van der Waals surface area (Å²) < 4.78 is 4.87. The minimum atomic E-state index is -0.692. The largest absolute Gasteiger partial charge is 0.449 e. The Labute approximate surface area is 133 Å². The molecule has 0 radical (unpaired) electrons. The summed E-state index contributed by atoms with van der Waals surface area (Å²) in [5, 5.41) is 4.41. The molecule has 0 bridgehead atoms. The average molecular weight is 312 g/mol. The Morgan fingerprint density at radius 3 is 2.83 bits per heavy atom. The second kappa shape index (κ2) is 6.35. The fourth-order valence-electron chi connectivity index (χ4n) is 2.38. The Morgan fingerprint density at radius 2 is 2.09 bits per heavy atom. The molecule has 0 aliphatic carbocycles. The number of hydrogen-bond donors (Lipinski definition) is 2. The first kappa shape index (κ1) is 14.8. The number of para-hydroxylation sites is 1. The highest BCUT2D eigenvalue weighted by Crippen LogP contribution is 2.30. The van der Waals surface area contributed by atoms with Crippen LogP contribution >= 0.6 is 0 Å². The third kappa shape index (κ3) is 2.94. The van der Waals surface area contributed by atoms with E-state index in [1.807, 2.05) is 18.2 Å². The number of ether oxygens (including phenoxy) is 1. The van der Waals surface area contributed by atoms with Gasteiger partial charge in [-0.15, -0.1) is 0 Å². The van der Waals surface area contributed by atoms with Crippen molar-refractivity contribution in [3.8, 4) is 0 Å². The van der Waals surface area contributed by atoms with Gasteiger partial charge in [0.15, 0.2) is 6.17 Å². The summed E-state index contributed by atoms with van der Waals surface area (Å²) in [7, 11) is 0. The number of pyridine rings is 1. The highest BCUT2D eigenvalue weighted by atomic mass is 16.6. The molecule has 1 aromatic carbocycles. The van der Waals surface area contributed by atoms with Gasteiger partial charge in [-0.05, 0) is 31.2 Å². The maximum absolute atomic E-state index is 12.7. The number of aromatic nitrogens is 1. The van der Waals surface area contributed by atoms with Gasteiger partial charge >= 0.3 is 6.09 Å². The van der Waals surface area contributed by atoms with Crippen molar-refractivity contribution in [3.63, 3.8) is 0 Å². The van der Waals surface area contributed by atoms with E-state index in [1.54, 1.807) is 37.4 Å². The maximum Gasteiger partial charge on any atom is 0.426 e. The maximum atomic E-state index is 12.7. The number of nitrogens with zero attached hydrogens (tertiary/aromatic N) is 2. The van der Waals surface area contributed by atoms with Crippen LogP contribution in [0.2, 0.25) is 0 Å². The SMILES string of the molecule is CCOC(=O)NN1C(=O)c2ccccc2N[C@@H]1c1ccccn1. The van der Waals surface area contributed by atoms with Gasteiger partial charge in [0, 0.05) is 11.9 Å². The molecule has 7 heteroatoms. The molecule has 1 atom stereocenters. The average Bonchev–Trinajstić information content (AvgIpc) is 2.58. The summed E-state index contributed by atoms with van der Waals surface area (Å²) in [6, 6.07) is 12.5. The van der Waals surface area contributed by atoms with Crippen LogP contribution in [0.25, 0.3) is 0 Å². The summed E-state index contributed by atoms with van der Waals surface area (Å²) in [5.41, 5.74) is 4.24. The topological polar surface area (TPSA) is 83.6 Å². The van der Waals surface area contributed by atoms with E-state index < -0.39 is 12.3 Å². The summed E-state index contributed by atoms with van der Waals surface area (Å²) in [5.74, 6) is -0.331. The number of hydrogen-bond acceptors (Lipinski definition) is 5. The van der Waals surface area contributed by atoms with Crippen LogP contribution in [0.4, 0.5) is 10.5 Å². The Kier molecular flexibility index (Phi) is 4.09. The molecule has 3 rings (SSSR count). The fraction of sp³-hybridized carbons (Fsp3) is 0.188. The Hall–Kier alpha value is -3.09. The highest BCUT2D eigenvalue weighted by Gasteiger charge is 2.35. The third-order valence-corrected chi connectivity index (χ3v) is 3.38. The number of anilines is 1. The molecule has 2 amide bonds. The molecule has 0 fully saturated rings. The van der Waals surface area contributed by atoms with Gasteiger partial charge in [0.25, 0.3) is 5.91 Å². The molecule has 0 unspecified atom stereocenters. The zero-order chi connectivity index (χ0) is 16.2. The van der Waals surface area contributed by atoms with Gasteiger partial charge in [0.2, 0.25) is 0 Å². The van der Waals surface area contributed by atoms with Crippen molar-refractivity contribution in [1.82, 2.24) is 15.4 Å². The quantitative estimate of drug-likeness (QED) is 0.908. The lowest BCUT2D eigenvalue weighted by atomic mass is 10.1. The van der Waals surface area contributed by atoms with Gasteiger partial charge in [0.05, 0.1) is 17.9 Å². The number of carbonyl (C=O) groups excluding carboxylic acids is 2. The van der Waals surface area contributed by atoms with Gasteiger partial charge in [-0.3, -0.25) is 9.78 Å². The number of nitrogens with one attached hydrogen (secondary N) is 2. The van der Waals surface area contributed by atoms with Gasteiger partial charge in [-0.2, -0.15) is 0 Å². The molecule has 23 heavy (non-hydrogen) atoms. The molecule has 0 saturated heterocycles. The van der Waals surface area contributed by atoms with E-state index in [-0.39, 0.29) is 12.5 Å². The summed E-state index contributed by atoms with van der Waals surface area (Å²) in [4.78, 5) is 28.8. The predicted molar refractivity (Wildman–Crippen MR) is 83.4 cm³/mol. The van der Waals surface area contributed by atoms with Crippen LogP contribution < -0.4 is 10.7 Å². The van der Waals surface area contributed by atoms with Crippen LogP contribution in [0.5, 0.6) is 0 Å². The van der Waals surface area contributed by atoms with E-state index in [4.69, 9.17) is 4.74 Å². The number of rotatable bonds is 3. The molecule has 2 N–H and O–H groups in total. The van der Waals surface area contributed by atoms with Gasteiger partial charge < -0.3 is 10.1 Å². The van der Waals surface area contributed by atoms with Crippen LogP contribution in [0.15, 0.2) is 48.7 Å². The van der Waals surface area contributed by atoms with Crippen LogP contribution in [0, 0.1) is 0 Å². The Balaban J connectivity index is 1.97. The number of fused-ring (bicyclic) bond motifs is 1. The zero-order valence-electron chi connectivity index (χ0n) is 12.5. The fourth-order valence-corrected chi connectivity index (χ4v) is 2.38. The minimum absolute atomic E-state index is 0.214. The van der Waals surface area contributed by atoms with Crippen molar-refractivity contribution >= 4 is 17.7 Å². The van der Waals surface area contributed by atoms with Crippen LogP contribution in [-0.4, -0.2) is 28.6 Å². The summed E-state index contributed by atoms with van der Waals surface area (Å²) in [6.45, 7) is 1.91. The molecule has 118 valence electrons. The monoisotopic (exact) mass is 312 g/mol. The number of hydrazine groups is 1. The van der Waals surface area contributed by atoms with Crippen molar-refractivity contribution in [1.29, 1.82) is 0 Å².